The average molecular weight is 276 g/mol. The largest absolute Gasteiger partial charge is 0.505 e. The van der Waals surface area contributed by atoms with Gasteiger partial charge in [-0.2, -0.15) is 9.78 Å². The monoisotopic (exact) mass is 276 g/mol. The maximum atomic E-state index is 11.9. The number of carbonyl (C=O) groups is 1. The molecule has 0 aliphatic heterocycles. The van der Waals surface area contributed by atoms with Gasteiger partial charge in [0.1, 0.15) is 11.4 Å². The molecule has 0 bridgehead atoms. The van der Waals surface area contributed by atoms with Crippen molar-refractivity contribution in [3.05, 3.63) is 46.4 Å². The van der Waals surface area contributed by atoms with E-state index < -0.39 is 17.3 Å². The first kappa shape index (κ1) is 13.6. The Morgan fingerprint density at radius 2 is 2.00 bits per heavy atom. The molecular weight excluding hydrogens is 264 g/mol. The van der Waals surface area contributed by atoms with Crippen LogP contribution < -0.4 is 10.3 Å². The van der Waals surface area contributed by atoms with Gasteiger partial charge in [0, 0.05) is 6.07 Å². The van der Waals surface area contributed by atoms with Crippen molar-refractivity contribution >= 4 is 5.97 Å². The molecule has 7 heteroatoms. The second-order valence-corrected chi connectivity index (χ2v) is 3.79. The molecule has 0 aliphatic carbocycles. The lowest BCUT2D eigenvalue weighted by Crippen LogP contribution is -2.24. The predicted octanol–water partition coefficient (Wildman–Crippen LogP) is 0.733. The number of rotatable bonds is 3. The van der Waals surface area contributed by atoms with Crippen LogP contribution in [-0.2, 0) is 4.74 Å². The lowest BCUT2D eigenvalue weighted by Gasteiger charge is -2.10. The summed E-state index contributed by atoms with van der Waals surface area (Å²) in [4.78, 5) is 23.4. The number of ether oxygens (including phenoxy) is 2. The number of nitrogens with zero attached hydrogens (tertiary/aromatic N) is 2. The van der Waals surface area contributed by atoms with Gasteiger partial charge in [0.25, 0.3) is 5.56 Å². The smallest absolute Gasteiger partial charge is 0.362 e. The Kier molecular flexibility index (Phi) is 3.69. The third kappa shape index (κ3) is 2.33. The quantitative estimate of drug-likeness (QED) is 0.831. The van der Waals surface area contributed by atoms with Crippen molar-refractivity contribution < 1.29 is 19.4 Å². The lowest BCUT2D eigenvalue weighted by molar-refractivity contribution is 0.0588. The summed E-state index contributed by atoms with van der Waals surface area (Å²) in [5.74, 6) is -0.970. The van der Waals surface area contributed by atoms with Crippen molar-refractivity contribution in [2.24, 2.45) is 0 Å². The molecule has 1 N–H and O–H groups in total. The minimum Gasteiger partial charge on any atom is -0.505 e. The number of methoxy groups -OCH3 is 2. The maximum absolute atomic E-state index is 11.9. The lowest BCUT2D eigenvalue weighted by atomic mass is 10.3. The summed E-state index contributed by atoms with van der Waals surface area (Å²) in [7, 11) is 2.60. The number of aromatic nitrogens is 2. The molecule has 2 aromatic rings. The third-order valence-electron chi connectivity index (χ3n) is 2.60. The van der Waals surface area contributed by atoms with Crippen LogP contribution in [0.2, 0.25) is 0 Å². The number of para-hydroxylation sites is 2. The molecule has 1 aromatic heterocycles. The molecule has 0 radical (unpaired) electrons. The van der Waals surface area contributed by atoms with Crippen LogP contribution in [0.5, 0.6) is 11.5 Å². The van der Waals surface area contributed by atoms with E-state index >= 15 is 0 Å². The van der Waals surface area contributed by atoms with Gasteiger partial charge in [0.15, 0.2) is 5.75 Å². The highest BCUT2D eigenvalue weighted by Crippen LogP contribution is 2.21. The van der Waals surface area contributed by atoms with Gasteiger partial charge < -0.3 is 14.6 Å². The summed E-state index contributed by atoms with van der Waals surface area (Å²) in [5.41, 5.74) is -0.595. The van der Waals surface area contributed by atoms with Crippen molar-refractivity contribution in [3.8, 4) is 17.2 Å². The second-order valence-electron chi connectivity index (χ2n) is 3.79. The van der Waals surface area contributed by atoms with Crippen LogP contribution in [0.4, 0.5) is 0 Å². The Hall–Kier alpha value is -2.83. The minimum absolute atomic E-state index is 0.349. The molecule has 7 nitrogen and oxygen atoms in total. The van der Waals surface area contributed by atoms with Crippen LogP contribution in [-0.4, -0.2) is 35.1 Å². The minimum atomic E-state index is -0.842. The Morgan fingerprint density at radius 3 is 2.65 bits per heavy atom. The van der Waals surface area contributed by atoms with Crippen molar-refractivity contribution in [2.75, 3.05) is 14.2 Å². The molecule has 0 amide bonds. The molecule has 104 valence electrons. The molecule has 0 atom stereocenters. The highest BCUT2D eigenvalue weighted by atomic mass is 16.5. The first-order valence-corrected chi connectivity index (χ1v) is 5.63. The first-order valence-electron chi connectivity index (χ1n) is 5.63. The van der Waals surface area contributed by atoms with Gasteiger partial charge in [0.2, 0.25) is 5.69 Å². The van der Waals surface area contributed by atoms with Crippen LogP contribution in [0.15, 0.2) is 35.1 Å². The zero-order valence-electron chi connectivity index (χ0n) is 10.9. The summed E-state index contributed by atoms with van der Waals surface area (Å²) in [6.45, 7) is 0. The topological polar surface area (TPSA) is 90.6 Å². The van der Waals surface area contributed by atoms with Crippen molar-refractivity contribution in [1.29, 1.82) is 0 Å². The van der Waals surface area contributed by atoms with Gasteiger partial charge in [-0.3, -0.25) is 4.79 Å². The second kappa shape index (κ2) is 5.43. The molecule has 0 fully saturated rings. The van der Waals surface area contributed by atoms with Crippen LogP contribution >= 0.6 is 0 Å². The summed E-state index contributed by atoms with van der Waals surface area (Å²) in [6.07, 6.45) is 0. The summed E-state index contributed by atoms with van der Waals surface area (Å²) >= 11 is 0. The van der Waals surface area contributed by atoms with E-state index in [1.807, 2.05) is 0 Å². The van der Waals surface area contributed by atoms with Gasteiger partial charge in [-0.1, -0.05) is 12.1 Å². The van der Waals surface area contributed by atoms with E-state index in [1.54, 1.807) is 24.3 Å². The highest BCUT2D eigenvalue weighted by Gasteiger charge is 2.18. The number of benzene rings is 1. The first-order chi connectivity index (χ1) is 9.58. The summed E-state index contributed by atoms with van der Waals surface area (Å²) in [5, 5.41) is 13.4. The van der Waals surface area contributed by atoms with Crippen LogP contribution in [0.1, 0.15) is 10.5 Å². The molecule has 1 heterocycles. The highest BCUT2D eigenvalue weighted by molar-refractivity contribution is 5.89. The molecular formula is C13H12N2O5. The van der Waals surface area contributed by atoms with Crippen molar-refractivity contribution in [3.63, 3.8) is 0 Å². The van der Waals surface area contributed by atoms with E-state index in [1.165, 1.54) is 7.11 Å². The van der Waals surface area contributed by atoms with E-state index in [9.17, 15) is 14.7 Å². The number of aromatic hydroxyl groups is 1. The number of hydrogen-bond donors (Lipinski definition) is 1. The fourth-order valence-corrected chi connectivity index (χ4v) is 1.67. The molecule has 20 heavy (non-hydrogen) atoms. The number of carbonyl (C=O) groups excluding carboxylic acids is 1. The Labute approximate surface area is 114 Å². The van der Waals surface area contributed by atoms with Crippen LogP contribution in [0.3, 0.4) is 0 Å². The van der Waals surface area contributed by atoms with Gasteiger partial charge in [0.05, 0.1) is 14.2 Å². The number of esters is 1. The molecule has 1 aromatic carbocycles. The average Bonchev–Trinajstić information content (AvgIpc) is 2.46. The van der Waals surface area contributed by atoms with Crippen molar-refractivity contribution in [2.45, 2.75) is 0 Å². The molecule has 0 saturated heterocycles. The fraction of sp³-hybridized carbons (Fsp3) is 0.154. The maximum Gasteiger partial charge on any atom is 0.362 e. The van der Waals surface area contributed by atoms with Gasteiger partial charge in [-0.05, 0) is 12.1 Å². The van der Waals surface area contributed by atoms with E-state index in [2.05, 4.69) is 9.84 Å². The molecule has 0 aliphatic rings. The zero-order chi connectivity index (χ0) is 14.7. The van der Waals surface area contributed by atoms with E-state index in [0.29, 0.717) is 11.4 Å². The predicted molar refractivity (Wildman–Crippen MR) is 69.4 cm³/mol. The third-order valence-corrected chi connectivity index (χ3v) is 2.60. The van der Waals surface area contributed by atoms with Crippen LogP contribution in [0, 0.1) is 0 Å². The van der Waals surface area contributed by atoms with Gasteiger partial charge >= 0.3 is 5.97 Å². The Bertz CT molecular complexity index is 708. The SMILES string of the molecule is COC(=O)c1nn(-c2ccccc2OC)c(=O)cc1O. The Morgan fingerprint density at radius 1 is 1.30 bits per heavy atom. The molecule has 0 unspecified atom stereocenters. The van der Waals surface area contributed by atoms with Crippen molar-refractivity contribution in [1.82, 2.24) is 9.78 Å². The van der Waals surface area contributed by atoms with Gasteiger partial charge in [-0.15, -0.1) is 0 Å². The van der Waals surface area contributed by atoms with Crippen LogP contribution in [0.25, 0.3) is 5.69 Å². The standard InChI is InChI=1S/C13H12N2O5/c1-19-10-6-4-3-5-8(10)15-11(17)7-9(16)12(14-15)13(18)20-2/h3-7,16H,1-2H3. The molecule has 0 saturated carbocycles. The number of hydrogen-bond acceptors (Lipinski definition) is 6. The van der Waals surface area contributed by atoms with Gasteiger partial charge in [-0.25, -0.2) is 4.79 Å². The van der Waals surface area contributed by atoms with E-state index in [-0.39, 0.29) is 5.69 Å². The fourth-order valence-electron chi connectivity index (χ4n) is 1.67. The normalized spacial score (nSPS) is 10.1. The molecule has 0 spiro atoms. The summed E-state index contributed by atoms with van der Waals surface area (Å²) in [6, 6.07) is 7.57. The summed E-state index contributed by atoms with van der Waals surface area (Å²) < 4.78 is 10.6. The van der Waals surface area contributed by atoms with E-state index in [4.69, 9.17) is 4.74 Å². The zero-order valence-corrected chi connectivity index (χ0v) is 10.9. The molecule has 2 rings (SSSR count). The van der Waals surface area contributed by atoms with E-state index in [0.717, 1.165) is 17.9 Å². The Balaban J connectivity index is 2.68.